The van der Waals surface area contributed by atoms with Crippen LogP contribution < -0.4 is 30.1 Å². The first-order valence-corrected chi connectivity index (χ1v) is 17.2. The number of nitrogens with one attached hydrogen (secondary N) is 1. The minimum Gasteiger partial charge on any atom is -1.00 e. The van der Waals surface area contributed by atoms with Crippen molar-refractivity contribution >= 4 is 34.8 Å². The number of carbonyl (C=O) groups is 4. The number of fused-ring (bicyclic) bond motifs is 7. The lowest BCUT2D eigenvalue weighted by Crippen LogP contribution is -3.00. The third-order valence-electron chi connectivity index (χ3n) is 12.0. The highest BCUT2D eigenvalue weighted by atomic mass is 35.5. The van der Waals surface area contributed by atoms with Crippen molar-refractivity contribution in [1.82, 2.24) is 4.90 Å². The molecule has 1 aliphatic carbocycles. The van der Waals surface area contributed by atoms with Crippen LogP contribution in [0.15, 0.2) is 66.4 Å². The van der Waals surface area contributed by atoms with E-state index in [1.807, 2.05) is 25.1 Å². The van der Waals surface area contributed by atoms with Crippen molar-refractivity contribution in [3.8, 4) is 17.2 Å². The highest BCUT2D eigenvalue weighted by Gasteiger charge is 2.60. The van der Waals surface area contributed by atoms with Gasteiger partial charge in [0.2, 0.25) is 5.91 Å². The van der Waals surface area contributed by atoms with E-state index < -0.39 is 24.0 Å². The Hall–Kier alpha value is -4.57. The molecule has 3 aromatic rings. The van der Waals surface area contributed by atoms with Gasteiger partial charge in [0.25, 0.3) is 5.91 Å². The molecule has 9 rings (SSSR count). The zero-order valence-electron chi connectivity index (χ0n) is 28.8. The van der Waals surface area contributed by atoms with Gasteiger partial charge in [-0.3, -0.25) is 14.4 Å². The second kappa shape index (κ2) is 13.4. The molecule has 5 aliphatic heterocycles. The molecule has 3 aromatic carbocycles. The molecule has 0 radical (unpaired) electrons. The molecule has 3 N–H and O–H groups in total. The van der Waals surface area contributed by atoms with Crippen molar-refractivity contribution < 1.29 is 63.2 Å². The average molecular weight is 745 g/mol. The summed E-state index contributed by atoms with van der Waals surface area (Å²) in [5, 5.41) is 32.4. The van der Waals surface area contributed by atoms with Crippen LogP contribution in [-0.4, -0.2) is 106 Å². The van der Waals surface area contributed by atoms with E-state index in [1.165, 1.54) is 4.90 Å². The quantitative estimate of drug-likeness (QED) is 0.131. The van der Waals surface area contributed by atoms with E-state index in [2.05, 4.69) is 17.5 Å². The number of amides is 2. The van der Waals surface area contributed by atoms with E-state index in [0.29, 0.717) is 40.1 Å². The molecule has 2 bridgehead atoms. The Morgan fingerprint density at radius 1 is 0.904 bits per heavy atom. The lowest BCUT2D eigenvalue weighted by atomic mass is 9.76. The van der Waals surface area contributed by atoms with Gasteiger partial charge in [-0.1, -0.05) is 25.1 Å². The maximum Gasteiger partial charge on any atom is 0.352 e. The topological polar surface area (TPSA) is 148 Å². The molecular formula is C39H39Cl2N5O6. The first kappa shape index (κ1) is 37.2. The van der Waals surface area contributed by atoms with E-state index in [4.69, 9.17) is 5.26 Å². The summed E-state index contributed by atoms with van der Waals surface area (Å²) < 4.78 is 1.70. The van der Waals surface area contributed by atoms with E-state index in [0.717, 1.165) is 71.5 Å². The van der Waals surface area contributed by atoms with E-state index in [1.54, 1.807) is 43.3 Å². The summed E-state index contributed by atoms with van der Waals surface area (Å²) in [5.74, 6) is -2.57. The summed E-state index contributed by atoms with van der Waals surface area (Å²) in [4.78, 5) is 53.3. The van der Waals surface area contributed by atoms with E-state index in [-0.39, 0.29) is 54.0 Å². The number of hydrogen-bond donors (Lipinski definition) is 3. The van der Waals surface area contributed by atoms with Gasteiger partial charge in [0.05, 0.1) is 29.7 Å². The summed E-state index contributed by atoms with van der Waals surface area (Å²) in [7, 11) is 0. The lowest BCUT2D eigenvalue weighted by Gasteiger charge is -2.55. The van der Waals surface area contributed by atoms with Gasteiger partial charge in [-0.05, 0) is 71.7 Å². The molecule has 0 saturated carbocycles. The number of quaternary nitrogens is 2. The monoisotopic (exact) mass is 743 g/mol. The minimum atomic E-state index is -1.18. The van der Waals surface area contributed by atoms with Crippen molar-refractivity contribution in [2.45, 2.75) is 32.5 Å². The number of carboxylic acids is 1. The van der Waals surface area contributed by atoms with Gasteiger partial charge in [-0.25, -0.2) is 4.79 Å². The highest BCUT2D eigenvalue weighted by Crippen LogP contribution is 2.51. The lowest BCUT2D eigenvalue weighted by molar-refractivity contribution is -1.08. The van der Waals surface area contributed by atoms with Crippen molar-refractivity contribution in [1.29, 1.82) is 5.26 Å². The van der Waals surface area contributed by atoms with Crippen LogP contribution in [0.2, 0.25) is 0 Å². The largest absolute Gasteiger partial charge is 1.00 e. The number of β-lactam (4-membered cyclic amide) rings is 1. The fraction of sp³-hybridized carbons (Fsp3) is 0.359. The smallest absolute Gasteiger partial charge is 0.352 e. The molecule has 6 aliphatic rings. The number of aliphatic hydroxyl groups is 1. The zero-order chi connectivity index (χ0) is 35.1. The molecule has 0 spiro atoms. The standard InChI is InChI=1S/C39H37N5O6.2ClH/c1-22-33(36(39(49)50)42-35(22)34(23(2)45)38(42)48)26-6-10-29-30(18-26)28-9-5-25(17-31(28)37(29)47)20-43-11-14-44(15-12-43,16-13-43)21-32(46)41-27-7-3-24(19-40)4-8-27;;/h3-10,17-18,22-23,34-35,45H,11-16,20-21H2,1-2H3;2*1H/t22-,23+,34+,35+,43?,44?;;/m0../s1. The molecule has 4 atom stereocenters. The van der Waals surface area contributed by atoms with Crippen molar-refractivity contribution in [2.24, 2.45) is 11.8 Å². The SMILES string of the molecule is C[C@@H](O)[C@H]1C(=O)N2C(C(=O)O)=C(c3ccc4c(c3)-c3ccc(C[N+]56CC[N+](CC(=O)Nc7ccc(C#N)cc7)(CC5)CC6)cc3C4=O)[C@H](C)[C@H]12.[Cl-].[Cl-]. The molecule has 4 fully saturated rings. The Morgan fingerprint density at radius 2 is 1.54 bits per heavy atom. The fourth-order valence-corrected chi connectivity index (χ4v) is 9.28. The third-order valence-corrected chi connectivity index (χ3v) is 12.0. The normalized spacial score (nSPS) is 27.0. The zero-order valence-corrected chi connectivity index (χ0v) is 30.3. The summed E-state index contributed by atoms with van der Waals surface area (Å²) in [5.41, 5.74) is 6.31. The van der Waals surface area contributed by atoms with Crippen LogP contribution in [0.25, 0.3) is 16.7 Å². The summed E-state index contributed by atoms with van der Waals surface area (Å²) in [6, 6.07) is 20.1. The van der Waals surface area contributed by atoms with Crippen LogP contribution in [0.3, 0.4) is 0 Å². The van der Waals surface area contributed by atoms with Gasteiger partial charge in [-0.2, -0.15) is 5.26 Å². The van der Waals surface area contributed by atoms with Crippen LogP contribution in [0.4, 0.5) is 5.69 Å². The number of ketones is 1. The molecule has 5 heterocycles. The van der Waals surface area contributed by atoms with Gasteiger partial charge in [0, 0.05) is 28.3 Å². The van der Waals surface area contributed by atoms with Gasteiger partial charge >= 0.3 is 5.97 Å². The predicted octanol–water partition coefficient (Wildman–Crippen LogP) is -2.77. The summed E-state index contributed by atoms with van der Waals surface area (Å²) in [6.07, 6.45) is -0.881. The molecular weight excluding hydrogens is 705 g/mol. The van der Waals surface area contributed by atoms with Crippen molar-refractivity contribution in [3.05, 3.63) is 94.2 Å². The number of nitrogens with zero attached hydrogens (tertiary/aromatic N) is 4. The average Bonchev–Trinajstić information content (AvgIpc) is 3.52. The Balaban J connectivity index is 0.00000232. The summed E-state index contributed by atoms with van der Waals surface area (Å²) >= 11 is 0. The number of anilines is 1. The Labute approximate surface area is 314 Å². The second-order valence-electron chi connectivity index (χ2n) is 14.9. The van der Waals surface area contributed by atoms with E-state index >= 15 is 0 Å². The fourth-order valence-electron chi connectivity index (χ4n) is 9.28. The number of carboxylic acid groups (broad SMARTS) is 1. The molecule has 2 amide bonds. The number of carbonyl (C=O) groups excluding carboxylic acids is 3. The number of benzene rings is 3. The molecule has 11 nitrogen and oxygen atoms in total. The minimum absolute atomic E-state index is 0. The molecule has 13 heteroatoms. The van der Waals surface area contributed by atoms with Crippen LogP contribution >= 0.6 is 0 Å². The number of nitriles is 1. The van der Waals surface area contributed by atoms with Crippen LogP contribution in [0.5, 0.6) is 0 Å². The van der Waals surface area contributed by atoms with E-state index in [9.17, 15) is 29.4 Å². The second-order valence-corrected chi connectivity index (χ2v) is 14.9. The number of rotatable bonds is 8. The Kier molecular flexibility index (Phi) is 9.62. The number of piperazine rings is 3. The Bertz CT molecular complexity index is 2070. The molecule has 0 aromatic heterocycles. The van der Waals surface area contributed by atoms with Gasteiger partial charge in [0.1, 0.15) is 51.5 Å². The third kappa shape index (κ3) is 5.79. The van der Waals surface area contributed by atoms with Crippen molar-refractivity contribution in [3.63, 3.8) is 0 Å². The number of aliphatic hydroxyl groups excluding tert-OH is 1. The number of halogens is 2. The van der Waals surface area contributed by atoms with Gasteiger partial charge in [0.15, 0.2) is 12.3 Å². The first-order chi connectivity index (χ1) is 23.9. The Morgan fingerprint density at radius 3 is 2.15 bits per heavy atom. The van der Waals surface area contributed by atoms with Gasteiger partial charge < -0.3 is 54.2 Å². The van der Waals surface area contributed by atoms with Crippen LogP contribution in [-0.2, 0) is 20.9 Å². The number of hydrogen-bond acceptors (Lipinski definition) is 6. The molecule has 4 saturated heterocycles. The highest BCUT2D eigenvalue weighted by molar-refractivity contribution is 6.22. The predicted molar refractivity (Wildman–Crippen MR) is 183 cm³/mol. The van der Waals surface area contributed by atoms with Crippen LogP contribution in [0.1, 0.15) is 46.5 Å². The molecule has 52 heavy (non-hydrogen) atoms. The van der Waals surface area contributed by atoms with Crippen LogP contribution in [0, 0.1) is 23.2 Å². The first-order valence-electron chi connectivity index (χ1n) is 17.2. The number of aliphatic carboxylic acids is 1. The maximum absolute atomic E-state index is 13.7. The van der Waals surface area contributed by atoms with Gasteiger partial charge in [-0.15, -0.1) is 0 Å². The van der Waals surface area contributed by atoms with Crippen molar-refractivity contribution in [2.75, 3.05) is 51.1 Å². The molecule has 0 unspecified atom stereocenters. The molecule has 270 valence electrons. The summed E-state index contributed by atoms with van der Waals surface area (Å²) in [6.45, 7) is 10.3. The maximum atomic E-state index is 13.7.